The third-order valence-electron chi connectivity index (χ3n) is 3.90. The molecular weight excluding hydrogens is 270 g/mol. The van der Waals surface area contributed by atoms with Crippen molar-refractivity contribution in [2.24, 2.45) is 7.05 Å². The molecule has 1 aliphatic rings. The maximum Gasteiger partial charge on any atom is 0.185 e. The summed E-state index contributed by atoms with van der Waals surface area (Å²) in [5.74, 6) is 0. The molecule has 1 atom stereocenters. The van der Waals surface area contributed by atoms with Crippen LogP contribution in [0.3, 0.4) is 0 Å². The standard InChI is InChI=1S/C14H21N5S/c1-11(12-9-16-18(2)10-12)17-13-3-6-19(7-4-13)14-15-5-8-20-14/h5,8-11,13,17H,3-4,6-7H2,1-2H3/t11-/m0/s1. The summed E-state index contributed by atoms with van der Waals surface area (Å²) in [5, 5.41) is 11.2. The van der Waals surface area contributed by atoms with Crippen molar-refractivity contribution in [2.75, 3.05) is 18.0 Å². The van der Waals surface area contributed by atoms with Crippen LogP contribution in [0.5, 0.6) is 0 Å². The molecule has 0 bridgehead atoms. The van der Waals surface area contributed by atoms with Crippen LogP contribution in [-0.4, -0.2) is 33.9 Å². The zero-order valence-electron chi connectivity index (χ0n) is 12.0. The number of hydrogen-bond donors (Lipinski definition) is 1. The van der Waals surface area contributed by atoms with Crippen LogP contribution in [0.2, 0.25) is 0 Å². The topological polar surface area (TPSA) is 46.0 Å². The molecular formula is C14H21N5S. The third kappa shape index (κ3) is 3.02. The Morgan fingerprint density at radius 3 is 2.80 bits per heavy atom. The van der Waals surface area contributed by atoms with Gasteiger partial charge in [-0.25, -0.2) is 4.98 Å². The smallest absolute Gasteiger partial charge is 0.185 e. The minimum atomic E-state index is 0.361. The van der Waals surface area contributed by atoms with Crippen LogP contribution in [0.25, 0.3) is 0 Å². The number of thiazole rings is 1. The minimum Gasteiger partial charge on any atom is -0.348 e. The van der Waals surface area contributed by atoms with E-state index < -0.39 is 0 Å². The average molecular weight is 291 g/mol. The highest BCUT2D eigenvalue weighted by Crippen LogP contribution is 2.23. The van der Waals surface area contributed by atoms with E-state index in [4.69, 9.17) is 0 Å². The first-order chi connectivity index (χ1) is 9.72. The van der Waals surface area contributed by atoms with Gasteiger partial charge in [0.25, 0.3) is 0 Å². The van der Waals surface area contributed by atoms with Crippen LogP contribution in [0.1, 0.15) is 31.4 Å². The van der Waals surface area contributed by atoms with Gasteiger partial charge in [-0.3, -0.25) is 4.68 Å². The van der Waals surface area contributed by atoms with Crippen molar-refractivity contribution in [3.05, 3.63) is 29.5 Å². The van der Waals surface area contributed by atoms with Crippen LogP contribution >= 0.6 is 11.3 Å². The van der Waals surface area contributed by atoms with Crippen molar-refractivity contribution >= 4 is 16.5 Å². The van der Waals surface area contributed by atoms with Gasteiger partial charge in [-0.05, 0) is 19.8 Å². The van der Waals surface area contributed by atoms with Gasteiger partial charge in [0.2, 0.25) is 0 Å². The maximum absolute atomic E-state index is 4.39. The van der Waals surface area contributed by atoms with E-state index in [0.717, 1.165) is 18.2 Å². The Balaban J connectivity index is 1.51. The number of anilines is 1. The van der Waals surface area contributed by atoms with E-state index in [9.17, 15) is 0 Å². The number of nitrogens with zero attached hydrogens (tertiary/aromatic N) is 4. The molecule has 1 N–H and O–H groups in total. The van der Waals surface area contributed by atoms with E-state index in [2.05, 4.69) is 33.4 Å². The quantitative estimate of drug-likeness (QED) is 0.938. The lowest BCUT2D eigenvalue weighted by Gasteiger charge is -2.33. The average Bonchev–Trinajstić information content (AvgIpc) is 3.10. The molecule has 3 heterocycles. The number of aromatic nitrogens is 3. The Labute approximate surface area is 123 Å². The lowest BCUT2D eigenvalue weighted by molar-refractivity contribution is 0.381. The summed E-state index contributed by atoms with van der Waals surface area (Å²) in [6.45, 7) is 4.39. The lowest BCUT2D eigenvalue weighted by Crippen LogP contribution is -2.43. The monoisotopic (exact) mass is 291 g/mol. The lowest BCUT2D eigenvalue weighted by atomic mass is 10.0. The van der Waals surface area contributed by atoms with Gasteiger partial charge < -0.3 is 10.2 Å². The molecule has 0 radical (unpaired) electrons. The molecule has 2 aromatic rings. The molecule has 0 unspecified atom stereocenters. The molecule has 20 heavy (non-hydrogen) atoms. The van der Waals surface area contributed by atoms with Crippen molar-refractivity contribution in [3.63, 3.8) is 0 Å². The fraction of sp³-hybridized carbons (Fsp3) is 0.571. The molecule has 1 saturated heterocycles. The molecule has 5 nitrogen and oxygen atoms in total. The first-order valence-corrected chi connectivity index (χ1v) is 7.99. The van der Waals surface area contributed by atoms with Gasteiger partial charge in [0.05, 0.1) is 6.20 Å². The predicted octanol–water partition coefficient (Wildman–Crippen LogP) is 2.20. The van der Waals surface area contributed by atoms with Gasteiger partial charge >= 0.3 is 0 Å². The minimum absolute atomic E-state index is 0.361. The molecule has 0 aromatic carbocycles. The molecule has 0 spiro atoms. The van der Waals surface area contributed by atoms with Crippen LogP contribution in [0.15, 0.2) is 24.0 Å². The number of nitrogens with one attached hydrogen (secondary N) is 1. The van der Waals surface area contributed by atoms with Gasteiger partial charge in [-0.1, -0.05) is 0 Å². The summed E-state index contributed by atoms with van der Waals surface area (Å²) >= 11 is 1.73. The van der Waals surface area contributed by atoms with Gasteiger partial charge in [0.1, 0.15) is 0 Å². The fourth-order valence-electron chi connectivity index (χ4n) is 2.72. The van der Waals surface area contributed by atoms with E-state index in [-0.39, 0.29) is 0 Å². The zero-order valence-corrected chi connectivity index (χ0v) is 12.8. The maximum atomic E-state index is 4.39. The van der Waals surface area contributed by atoms with Crippen molar-refractivity contribution in [1.29, 1.82) is 0 Å². The van der Waals surface area contributed by atoms with Crippen LogP contribution in [0.4, 0.5) is 5.13 Å². The molecule has 1 aliphatic heterocycles. The fourth-order valence-corrected chi connectivity index (χ4v) is 3.42. The van der Waals surface area contributed by atoms with E-state index in [1.165, 1.54) is 18.4 Å². The Hall–Kier alpha value is -1.40. The summed E-state index contributed by atoms with van der Waals surface area (Å²) in [5.41, 5.74) is 1.26. The van der Waals surface area contributed by atoms with Crippen LogP contribution in [-0.2, 0) is 7.05 Å². The first kappa shape index (κ1) is 13.6. The van der Waals surface area contributed by atoms with E-state index >= 15 is 0 Å². The number of rotatable bonds is 4. The molecule has 3 rings (SSSR count). The van der Waals surface area contributed by atoms with Crippen molar-refractivity contribution in [2.45, 2.75) is 31.8 Å². The van der Waals surface area contributed by atoms with E-state index in [1.54, 1.807) is 11.3 Å². The van der Waals surface area contributed by atoms with Crippen molar-refractivity contribution in [1.82, 2.24) is 20.1 Å². The van der Waals surface area contributed by atoms with E-state index in [0.29, 0.717) is 12.1 Å². The first-order valence-electron chi connectivity index (χ1n) is 7.11. The van der Waals surface area contributed by atoms with Crippen molar-refractivity contribution in [3.8, 4) is 0 Å². The number of aryl methyl sites for hydroxylation is 1. The number of piperidine rings is 1. The highest BCUT2D eigenvalue weighted by atomic mass is 32.1. The normalized spacial score (nSPS) is 18.4. The Morgan fingerprint density at radius 1 is 1.40 bits per heavy atom. The van der Waals surface area contributed by atoms with Crippen LogP contribution < -0.4 is 10.2 Å². The summed E-state index contributed by atoms with van der Waals surface area (Å²) in [6.07, 6.45) is 8.26. The SMILES string of the molecule is C[C@H](NC1CCN(c2nccs2)CC1)c1cnn(C)c1. The molecule has 2 aromatic heterocycles. The zero-order chi connectivity index (χ0) is 13.9. The molecule has 1 fully saturated rings. The summed E-state index contributed by atoms with van der Waals surface area (Å²) in [4.78, 5) is 6.78. The van der Waals surface area contributed by atoms with Gasteiger partial charge in [-0.15, -0.1) is 11.3 Å². The van der Waals surface area contributed by atoms with Gasteiger partial charge in [-0.2, -0.15) is 5.10 Å². The molecule has 108 valence electrons. The summed E-state index contributed by atoms with van der Waals surface area (Å²) in [6, 6.07) is 0.946. The largest absolute Gasteiger partial charge is 0.348 e. The molecule has 0 aliphatic carbocycles. The second-order valence-electron chi connectivity index (χ2n) is 5.41. The highest BCUT2D eigenvalue weighted by molar-refractivity contribution is 7.13. The molecule has 0 saturated carbocycles. The number of hydrogen-bond acceptors (Lipinski definition) is 5. The predicted molar refractivity (Wildman–Crippen MR) is 82.1 cm³/mol. The van der Waals surface area contributed by atoms with Crippen molar-refractivity contribution < 1.29 is 0 Å². The second kappa shape index (κ2) is 5.93. The Kier molecular flexibility index (Phi) is 4.03. The van der Waals surface area contributed by atoms with Gasteiger partial charge in [0, 0.05) is 55.6 Å². The third-order valence-corrected chi connectivity index (χ3v) is 4.73. The molecule has 0 amide bonds. The summed E-state index contributed by atoms with van der Waals surface area (Å²) in [7, 11) is 1.96. The highest BCUT2D eigenvalue weighted by Gasteiger charge is 2.22. The van der Waals surface area contributed by atoms with Crippen LogP contribution in [0, 0.1) is 0 Å². The van der Waals surface area contributed by atoms with Gasteiger partial charge in [0.15, 0.2) is 5.13 Å². The molecule has 6 heteroatoms. The Morgan fingerprint density at radius 2 is 2.20 bits per heavy atom. The Bertz CT molecular complexity index is 528. The van der Waals surface area contributed by atoms with E-state index in [1.807, 2.05) is 29.5 Å². The summed E-state index contributed by atoms with van der Waals surface area (Å²) < 4.78 is 1.86. The second-order valence-corrected chi connectivity index (χ2v) is 6.28.